The Morgan fingerprint density at radius 3 is 2.61 bits per heavy atom. The number of benzene rings is 1. The van der Waals surface area contributed by atoms with E-state index in [2.05, 4.69) is 25.5 Å². The van der Waals surface area contributed by atoms with Gasteiger partial charge in [-0.3, -0.25) is 9.48 Å². The number of halogens is 3. The van der Waals surface area contributed by atoms with E-state index in [9.17, 15) is 18.0 Å². The molecule has 0 radical (unpaired) electrons. The van der Waals surface area contributed by atoms with Crippen molar-refractivity contribution in [3.8, 4) is 5.88 Å². The molecule has 1 aromatic carbocycles. The van der Waals surface area contributed by atoms with Crippen LogP contribution >= 0.6 is 0 Å². The number of nitrogens with two attached hydrogens (primary N) is 2. The van der Waals surface area contributed by atoms with E-state index < -0.39 is 18.3 Å². The molecule has 0 saturated carbocycles. The molecule has 0 bridgehead atoms. The lowest BCUT2D eigenvalue weighted by atomic mass is 10.1. The highest BCUT2D eigenvalue weighted by molar-refractivity contribution is 5.99. The van der Waals surface area contributed by atoms with Crippen LogP contribution in [0.3, 0.4) is 0 Å². The van der Waals surface area contributed by atoms with Gasteiger partial charge in [0, 0.05) is 24.8 Å². The minimum Gasteiger partial charge on any atom is -0.415 e. The van der Waals surface area contributed by atoms with Crippen molar-refractivity contribution >= 4 is 34.1 Å². The maximum absolute atomic E-state index is 14.7. The molecule has 0 aliphatic rings. The van der Waals surface area contributed by atoms with Crippen LogP contribution in [-0.4, -0.2) is 39.4 Å². The monoisotopic (exact) mass is 465 g/mol. The Hall–Kier alpha value is -3.54. The van der Waals surface area contributed by atoms with Crippen LogP contribution in [0.1, 0.15) is 37.0 Å². The van der Waals surface area contributed by atoms with E-state index in [1.165, 1.54) is 10.7 Å². The number of alkyl halides is 2. The molecular formula is C21H26F3N7O2. The fourth-order valence-electron chi connectivity index (χ4n) is 3.45. The van der Waals surface area contributed by atoms with E-state index in [1.807, 2.05) is 6.92 Å². The Bertz CT molecular complexity index is 1150. The summed E-state index contributed by atoms with van der Waals surface area (Å²) >= 11 is 0. The van der Waals surface area contributed by atoms with Gasteiger partial charge >= 0.3 is 6.61 Å². The second-order valence-corrected chi connectivity index (χ2v) is 7.64. The van der Waals surface area contributed by atoms with E-state index >= 15 is 0 Å². The van der Waals surface area contributed by atoms with Gasteiger partial charge in [-0.25, -0.2) is 9.37 Å². The number of primary amides is 1. The summed E-state index contributed by atoms with van der Waals surface area (Å²) < 4.78 is 46.0. The van der Waals surface area contributed by atoms with Gasteiger partial charge in [-0.1, -0.05) is 13.3 Å². The third-order valence-corrected chi connectivity index (χ3v) is 5.08. The van der Waals surface area contributed by atoms with E-state index in [0.29, 0.717) is 23.0 Å². The van der Waals surface area contributed by atoms with Gasteiger partial charge in [-0.2, -0.15) is 8.78 Å². The Balaban J connectivity index is 2.01. The number of anilines is 3. The molecular weight excluding hydrogens is 439 g/mol. The molecule has 0 saturated heterocycles. The summed E-state index contributed by atoms with van der Waals surface area (Å²) in [4.78, 5) is 16.1. The van der Waals surface area contributed by atoms with Gasteiger partial charge in [0.05, 0.1) is 16.5 Å². The largest absolute Gasteiger partial charge is 0.415 e. The van der Waals surface area contributed by atoms with Crippen molar-refractivity contribution in [1.29, 1.82) is 0 Å². The molecule has 6 N–H and O–H groups in total. The van der Waals surface area contributed by atoms with Gasteiger partial charge < -0.3 is 26.8 Å². The molecule has 178 valence electrons. The number of fused-ring (bicyclic) bond motifs is 1. The molecule has 9 nitrogen and oxygen atoms in total. The van der Waals surface area contributed by atoms with Crippen LogP contribution in [0.2, 0.25) is 0 Å². The van der Waals surface area contributed by atoms with Crippen molar-refractivity contribution in [2.75, 3.05) is 10.6 Å². The maximum Gasteiger partial charge on any atom is 0.388 e. The van der Waals surface area contributed by atoms with Gasteiger partial charge in [-0.15, -0.1) is 5.10 Å². The number of ether oxygens (including phenoxy) is 1. The van der Waals surface area contributed by atoms with Crippen molar-refractivity contribution in [3.63, 3.8) is 0 Å². The van der Waals surface area contributed by atoms with Crippen molar-refractivity contribution < 1.29 is 22.7 Å². The SMILES string of the molecule is CCC[C@@H](Nc1nc(Nc2ccc3c(c2)c(OC(F)F)nn3C)c(C(N)=O)cc1F)[C@H](C)N. The Morgan fingerprint density at radius 1 is 1.27 bits per heavy atom. The van der Waals surface area contributed by atoms with Gasteiger partial charge in [-0.05, 0) is 37.6 Å². The number of aryl methyl sites for hydroxylation is 1. The zero-order valence-corrected chi connectivity index (χ0v) is 18.4. The zero-order chi connectivity index (χ0) is 24.3. The van der Waals surface area contributed by atoms with E-state index in [4.69, 9.17) is 11.5 Å². The van der Waals surface area contributed by atoms with Crippen molar-refractivity contribution in [3.05, 3.63) is 35.6 Å². The third-order valence-electron chi connectivity index (χ3n) is 5.08. The number of aromatic nitrogens is 3. The van der Waals surface area contributed by atoms with Crippen LogP contribution in [0, 0.1) is 5.82 Å². The number of hydrogen-bond acceptors (Lipinski definition) is 7. The smallest absolute Gasteiger partial charge is 0.388 e. The molecule has 0 aliphatic heterocycles. The van der Waals surface area contributed by atoms with E-state index in [1.54, 1.807) is 26.1 Å². The summed E-state index contributed by atoms with van der Waals surface area (Å²) in [6.07, 6.45) is 1.50. The van der Waals surface area contributed by atoms with Gasteiger partial charge in [0.15, 0.2) is 11.6 Å². The van der Waals surface area contributed by atoms with E-state index in [0.717, 1.165) is 12.5 Å². The van der Waals surface area contributed by atoms with Gasteiger partial charge in [0.25, 0.3) is 5.91 Å². The molecule has 3 rings (SSSR count). The first kappa shape index (κ1) is 24.1. The fraction of sp³-hybridized carbons (Fsp3) is 0.381. The molecule has 33 heavy (non-hydrogen) atoms. The van der Waals surface area contributed by atoms with Crippen LogP contribution in [0.15, 0.2) is 24.3 Å². The first-order chi connectivity index (χ1) is 15.6. The second-order valence-electron chi connectivity index (χ2n) is 7.64. The standard InChI is InChI=1S/C21H26F3N7O2/c1-4-5-15(10(2)25)28-19-14(22)9-13(17(26)32)18(29-19)27-11-6-7-16-12(8-11)20(30-31(16)3)33-21(23)24/h6-10,15,21H,4-5,25H2,1-3H3,(H2,26,32)(H2,27,28,29)/t10-,15+/m0/s1. The summed E-state index contributed by atoms with van der Waals surface area (Å²) in [5.74, 6) is -2.01. The summed E-state index contributed by atoms with van der Waals surface area (Å²) in [6, 6.07) is 5.22. The Morgan fingerprint density at radius 2 is 2.00 bits per heavy atom. The molecule has 2 heterocycles. The topological polar surface area (TPSA) is 133 Å². The lowest BCUT2D eigenvalue weighted by molar-refractivity contribution is -0.0521. The van der Waals surface area contributed by atoms with Crippen molar-refractivity contribution in [2.24, 2.45) is 18.5 Å². The van der Waals surface area contributed by atoms with Gasteiger partial charge in [0.1, 0.15) is 5.82 Å². The number of carbonyl (C=O) groups excluding carboxylic acids is 1. The predicted octanol–water partition coefficient (Wildman–Crippen LogP) is 3.48. The highest BCUT2D eigenvalue weighted by atomic mass is 19.3. The molecule has 0 aliphatic carbocycles. The Labute approximate surface area is 188 Å². The molecule has 1 amide bonds. The summed E-state index contributed by atoms with van der Waals surface area (Å²) in [5, 5.41) is 10.1. The highest BCUT2D eigenvalue weighted by Gasteiger charge is 2.21. The molecule has 3 aromatic rings. The van der Waals surface area contributed by atoms with Crippen molar-refractivity contribution in [2.45, 2.75) is 45.4 Å². The number of nitrogens with one attached hydrogen (secondary N) is 2. The summed E-state index contributed by atoms with van der Waals surface area (Å²) in [5.41, 5.74) is 12.1. The normalized spacial score (nSPS) is 13.2. The number of rotatable bonds is 10. The highest BCUT2D eigenvalue weighted by Crippen LogP contribution is 2.31. The minimum atomic E-state index is -3.05. The second kappa shape index (κ2) is 9.94. The maximum atomic E-state index is 14.7. The van der Waals surface area contributed by atoms with Crippen LogP contribution in [0.25, 0.3) is 10.9 Å². The molecule has 0 unspecified atom stereocenters. The van der Waals surface area contributed by atoms with Crippen LogP contribution < -0.4 is 26.8 Å². The Kier molecular flexibility index (Phi) is 7.26. The van der Waals surface area contributed by atoms with Crippen LogP contribution in [-0.2, 0) is 7.05 Å². The number of carbonyl (C=O) groups is 1. The van der Waals surface area contributed by atoms with Crippen LogP contribution in [0.4, 0.5) is 30.5 Å². The zero-order valence-electron chi connectivity index (χ0n) is 18.4. The number of nitrogens with zero attached hydrogens (tertiary/aromatic N) is 3. The number of hydrogen-bond donors (Lipinski definition) is 4. The first-order valence-electron chi connectivity index (χ1n) is 10.3. The number of amides is 1. The summed E-state index contributed by atoms with van der Waals surface area (Å²) in [7, 11) is 1.59. The molecule has 0 spiro atoms. The third kappa shape index (κ3) is 5.45. The first-order valence-corrected chi connectivity index (χ1v) is 10.3. The molecule has 0 fully saturated rings. The number of pyridine rings is 1. The fourth-order valence-corrected chi connectivity index (χ4v) is 3.45. The average Bonchev–Trinajstić information content (AvgIpc) is 3.03. The quantitative estimate of drug-likeness (QED) is 0.360. The predicted molar refractivity (Wildman–Crippen MR) is 119 cm³/mol. The lowest BCUT2D eigenvalue weighted by Crippen LogP contribution is -2.38. The lowest BCUT2D eigenvalue weighted by Gasteiger charge is -2.23. The van der Waals surface area contributed by atoms with E-state index in [-0.39, 0.29) is 35.2 Å². The minimum absolute atomic E-state index is 0.00843. The van der Waals surface area contributed by atoms with Gasteiger partial charge in [0.2, 0.25) is 5.88 Å². The molecule has 12 heteroatoms. The van der Waals surface area contributed by atoms with Crippen LogP contribution in [0.5, 0.6) is 5.88 Å². The molecule has 2 atom stereocenters. The van der Waals surface area contributed by atoms with Crippen molar-refractivity contribution in [1.82, 2.24) is 14.8 Å². The molecule has 2 aromatic heterocycles. The summed E-state index contributed by atoms with van der Waals surface area (Å²) in [6.45, 7) is 0.726. The average molecular weight is 465 g/mol.